The lowest BCUT2D eigenvalue weighted by Crippen LogP contribution is -1.95. The standard InChI is InChI=1S/C11H10N2O4/c1-6-3-4-12-10-7(13(15)16)5-8(17-2)11(14)9(6)10/h3-5,14H,1-2H3. The number of nitrogens with zero attached hydrogens (tertiary/aromatic N) is 2. The fourth-order valence-electron chi connectivity index (χ4n) is 1.73. The molecule has 2 rings (SSSR count). The minimum Gasteiger partial charge on any atom is -0.504 e. The molecule has 0 spiro atoms. The molecule has 0 saturated carbocycles. The fraction of sp³-hybridized carbons (Fsp3) is 0.182. The summed E-state index contributed by atoms with van der Waals surface area (Å²) in [7, 11) is 1.34. The molecule has 0 fully saturated rings. The van der Waals surface area contributed by atoms with Crippen molar-refractivity contribution in [2.75, 3.05) is 7.11 Å². The van der Waals surface area contributed by atoms with Crippen LogP contribution in [0.15, 0.2) is 18.3 Å². The zero-order chi connectivity index (χ0) is 12.6. The largest absolute Gasteiger partial charge is 0.504 e. The van der Waals surface area contributed by atoms with Gasteiger partial charge in [-0.25, -0.2) is 4.98 Å². The average Bonchev–Trinajstić information content (AvgIpc) is 2.29. The second kappa shape index (κ2) is 3.89. The topological polar surface area (TPSA) is 85.5 Å². The normalized spacial score (nSPS) is 10.5. The second-order valence-corrected chi connectivity index (χ2v) is 3.56. The summed E-state index contributed by atoms with van der Waals surface area (Å²) in [6, 6.07) is 2.84. The molecule has 0 unspecified atom stereocenters. The van der Waals surface area contributed by atoms with Gasteiger partial charge in [-0.1, -0.05) is 0 Å². The van der Waals surface area contributed by atoms with Crippen LogP contribution in [0.25, 0.3) is 10.9 Å². The van der Waals surface area contributed by atoms with Gasteiger partial charge in [-0.2, -0.15) is 0 Å². The van der Waals surface area contributed by atoms with Gasteiger partial charge in [0, 0.05) is 6.20 Å². The molecule has 6 heteroatoms. The first-order chi connectivity index (χ1) is 8.06. The van der Waals surface area contributed by atoms with Crippen molar-refractivity contribution in [2.24, 2.45) is 0 Å². The van der Waals surface area contributed by atoms with E-state index in [1.54, 1.807) is 13.0 Å². The van der Waals surface area contributed by atoms with Gasteiger partial charge in [0.15, 0.2) is 17.0 Å². The van der Waals surface area contributed by atoms with Gasteiger partial charge < -0.3 is 9.84 Å². The molecule has 1 aromatic heterocycles. The molecule has 88 valence electrons. The molecule has 1 N–H and O–H groups in total. The molecule has 0 aliphatic carbocycles. The third-order valence-corrected chi connectivity index (χ3v) is 2.56. The van der Waals surface area contributed by atoms with Crippen molar-refractivity contribution < 1.29 is 14.8 Å². The maximum Gasteiger partial charge on any atom is 0.299 e. The third-order valence-electron chi connectivity index (χ3n) is 2.56. The number of methoxy groups -OCH3 is 1. The summed E-state index contributed by atoms with van der Waals surface area (Å²) in [6.45, 7) is 1.74. The molecule has 17 heavy (non-hydrogen) atoms. The zero-order valence-corrected chi connectivity index (χ0v) is 9.30. The van der Waals surface area contributed by atoms with Crippen molar-refractivity contribution >= 4 is 16.6 Å². The molecule has 2 aromatic rings. The Hall–Kier alpha value is -2.37. The van der Waals surface area contributed by atoms with E-state index in [9.17, 15) is 15.2 Å². The first-order valence-corrected chi connectivity index (χ1v) is 4.86. The fourth-order valence-corrected chi connectivity index (χ4v) is 1.73. The first kappa shape index (κ1) is 11.1. The van der Waals surface area contributed by atoms with Crippen LogP contribution in [-0.2, 0) is 0 Å². The number of nitro groups is 1. The lowest BCUT2D eigenvalue weighted by molar-refractivity contribution is -0.383. The molecule has 0 amide bonds. The van der Waals surface area contributed by atoms with E-state index in [0.717, 1.165) is 0 Å². The first-order valence-electron chi connectivity index (χ1n) is 4.86. The molecule has 0 saturated heterocycles. The Bertz CT molecular complexity index is 610. The zero-order valence-electron chi connectivity index (χ0n) is 9.30. The van der Waals surface area contributed by atoms with E-state index in [1.165, 1.54) is 19.4 Å². The maximum absolute atomic E-state index is 10.9. The number of hydrogen-bond donors (Lipinski definition) is 1. The number of phenolic OH excluding ortho intramolecular Hbond substituents is 1. The van der Waals surface area contributed by atoms with E-state index in [4.69, 9.17) is 4.74 Å². The summed E-state index contributed by atoms with van der Waals surface area (Å²) < 4.78 is 4.92. The summed E-state index contributed by atoms with van der Waals surface area (Å²) in [4.78, 5) is 14.3. The molecular weight excluding hydrogens is 224 g/mol. The van der Waals surface area contributed by atoms with Gasteiger partial charge in [-0.3, -0.25) is 10.1 Å². The number of aromatic nitrogens is 1. The predicted molar refractivity (Wildman–Crippen MR) is 61.4 cm³/mol. The van der Waals surface area contributed by atoms with Gasteiger partial charge in [0.25, 0.3) is 5.69 Å². The van der Waals surface area contributed by atoms with Crippen molar-refractivity contribution in [3.63, 3.8) is 0 Å². The molecule has 0 bridgehead atoms. The second-order valence-electron chi connectivity index (χ2n) is 3.56. The third kappa shape index (κ3) is 1.63. The van der Waals surface area contributed by atoms with Crippen LogP contribution in [0.1, 0.15) is 5.56 Å². The van der Waals surface area contributed by atoms with E-state index in [0.29, 0.717) is 10.9 Å². The van der Waals surface area contributed by atoms with Gasteiger partial charge in [-0.05, 0) is 18.6 Å². The number of nitro benzene ring substituents is 1. The lowest BCUT2D eigenvalue weighted by atomic mass is 10.1. The minimum atomic E-state index is -0.545. The Morgan fingerprint density at radius 2 is 2.24 bits per heavy atom. The summed E-state index contributed by atoms with van der Waals surface area (Å²) in [6.07, 6.45) is 1.47. The number of aromatic hydroxyl groups is 1. The highest BCUT2D eigenvalue weighted by atomic mass is 16.6. The summed E-state index contributed by atoms with van der Waals surface area (Å²) >= 11 is 0. The molecule has 1 heterocycles. The number of benzene rings is 1. The Morgan fingerprint density at radius 1 is 1.53 bits per heavy atom. The van der Waals surface area contributed by atoms with Crippen LogP contribution >= 0.6 is 0 Å². The number of phenols is 1. The van der Waals surface area contributed by atoms with Crippen molar-refractivity contribution in [3.8, 4) is 11.5 Å². The monoisotopic (exact) mass is 234 g/mol. The van der Waals surface area contributed by atoms with Crippen LogP contribution in [-0.4, -0.2) is 22.1 Å². The Balaban J connectivity index is 2.97. The smallest absolute Gasteiger partial charge is 0.299 e. The Labute approximate surface area is 96.6 Å². The molecule has 0 aliphatic heterocycles. The number of fused-ring (bicyclic) bond motifs is 1. The Morgan fingerprint density at radius 3 is 2.82 bits per heavy atom. The van der Waals surface area contributed by atoms with Crippen molar-refractivity contribution in [3.05, 3.63) is 34.0 Å². The van der Waals surface area contributed by atoms with Crippen molar-refractivity contribution in [1.29, 1.82) is 0 Å². The molecule has 0 atom stereocenters. The summed E-state index contributed by atoms with van der Waals surface area (Å²) in [5.41, 5.74) is 0.682. The van der Waals surface area contributed by atoms with E-state index >= 15 is 0 Å². The Kier molecular flexibility index (Phi) is 2.55. The van der Waals surface area contributed by atoms with E-state index in [2.05, 4.69) is 4.98 Å². The van der Waals surface area contributed by atoms with E-state index < -0.39 is 4.92 Å². The molecule has 1 aromatic carbocycles. The van der Waals surface area contributed by atoms with Crippen LogP contribution in [0.2, 0.25) is 0 Å². The molecule has 0 radical (unpaired) electrons. The quantitative estimate of drug-likeness (QED) is 0.635. The summed E-state index contributed by atoms with van der Waals surface area (Å²) in [5.74, 6) is -0.0565. The van der Waals surface area contributed by atoms with Gasteiger partial charge in [0.1, 0.15) is 0 Å². The van der Waals surface area contributed by atoms with Gasteiger partial charge >= 0.3 is 0 Å². The van der Waals surface area contributed by atoms with Crippen LogP contribution < -0.4 is 4.74 Å². The van der Waals surface area contributed by atoms with Crippen molar-refractivity contribution in [1.82, 2.24) is 4.98 Å². The molecular formula is C11H10N2O4. The number of pyridine rings is 1. The van der Waals surface area contributed by atoms with Gasteiger partial charge in [0.2, 0.25) is 0 Å². The summed E-state index contributed by atoms with van der Waals surface area (Å²) in [5, 5.41) is 21.2. The number of rotatable bonds is 2. The molecule has 0 aliphatic rings. The van der Waals surface area contributed by atoms with E-state index in [-0.39, 0.29) is 22.7 Å². The van der Waals surface area contributed by atoms with Gasteiger partial charge in [-0.15, -0.1) is 0 Å². The SMILES string of the molecule is COc1cc([N+](=O)[O-])c2nccc(C)c2c1O. The number of non-ortho nitro benzene ring substituents is 1. The van der Waals surface area contributed by atoms with Crippen molar-refractivity contribution in [2.45, 2.75) is 6.92 Å². The number of aryl methyl sites for hydroxylation is 1. The maximum atomic E-state index is 10.9. The number of hydrogen-bond acceptors (Lipinski definition) is 5. The minimum absolute atomic E-state index is 0.0697. The van der Waals surface area contributed by atoms with E-state index in [1.807, 2.05) is 0 Å². The van der Waals surface area contributed by atoms with Crippen LogP contribution in [0.5, 0.6) is 11.5 Å². The predicted octanol–water partition coefficient (Wildman–Crippen LogP) is 2.17. The van der Waals surface area contributed by atoms with Crippen LogP contribution in [0.3, 0.4) is 0 Å². The van der Waals surface area contributed by atoms with Crippen LogP contribution in [0.4, 0.5) is 5.69 Å². The average molecular weight is 234 g/mol. The highest BCUT2D eigenvalue weighted by Crippen LogP contribution is 2.40. The highest BCUT2D eigenvalue weighted by molar-refractivity contribution is 5.96. The van der Waals surface area contributed by atoms with Crippen LogP contribution in [0, 0.1) is 17.0 Å². The van der Waals surface area contributed by atoms with Gasteiger partial charge in [0.05, 0.1) is 23.5 Å². The lowest BCUT2D eigenvalue weighted by Gasteiger charge is -2.08. The molecule has 6 nitrogen and oxygen atoms in total. The number of ether oxygens (including phenoxy) is 1. The highest BCUT2D eigenvalue weighted by Gasteiger charge is 2.21.